The zero-order valence-electron chi connectivity index (χ0n) is 15.3. The van der Waals surface area contributed by atoms with E-state index in [1.165, 1.54) is 16.6 Å². The van der Waals surface area contributed by atoms with Crippen molar-refractivity contribution in [1.29, 1.82) is 5.26 Å². The maximum absolute atomic E-state index is 12.6. The second kappa shape index (κ2) is 8.17. The Kier molecular flexibility index (Phi) is 5.46. The molecule has 0 radical (unpaired) electrons. The summed E-state index contributed by atoms with van der Waals surface area (Å²) in [6.45, 7) is 1.86. The van der Waals surface area contributed by atoms with Gasteiger partial charge in [0.1, 0.15) is 5.82 Å². The number of carbonyl (C=O) groups excluding carboxylic acids is 1. The van der Waals surface area contributed by atoms with Gasteiger partial charge in [0.15, 0.2) is 5.16 Å². The third-order valence-corrected chi connectivity index (χ3v) is 6.40. The standard InChI is InChI=1S/C20H19N5OS2/c1-13(19(26)22-15-5-2-4-14(10-15)12-21)28-20-24-23-18(25(20)16-7-8-16)11-17-6-3-9-27-17/h2-6,9-10,13,16H,7-8,11H2,1H3,(H,22,26)/t13-/m1/s1. The second-order valence-corrected chi connectivity index (χ2v) is 9.04. The van der Waals surface area contributed by atoms with Gasteiger partial charge in [0.05, 0.1) is 16.9 Å². The molecule has 1 saturated carbocycles. The zero-order chi connectivity index (χ0) is 19.5. The number of nitrogens with zero attached hydrogens (tertiary/aromatic N) is 4. The van der Waals surface area contributed by atoms with Crippen LogP contribution in [0.25, 0.3) is 0 Å². The lowest BCUT2D eigenvalue weighted by molar-refractivity contribution is -0.115. The monoisotopic (exact) mass is 409 g/mol. The van der Waals surface area contributed by atoms with Gasteiger partial charge in [-0.1, -0.05) is 23.9 Å². The van der Waals surface area contributed by atoms with E-state index in [4.69, 9.17) is 5.26 Å². The summed E-state index contributed by atoms with van der Waals surface area (Å²) in [4.78, 5) is 13.9. The Balaban J connectivity index is 1.46. The molecule has 0 unspecified atom stereocenters. The lowest BCUT2D eigenvalue weighted by atomic mass is 10.2. The molecule has 8 heteroatoms. The number of hydrogen-bond acceptors (Lipinski definition) is 6. The van der Waals surface area contributed by atoms with E-state index in [2.05, 4.69) is 37.6 Å². The quantitative estimate of drug-likeness (QED) is 0.590. The van der Waals surface area contributed by atoms with Gasteiger partial charge in [0.25, 0.3) is 0 Å². The summed E-state index contributed by atoms with van der Waals surface area (Å²) in [6, 6.07) is 13.6. The summed E-state index contributed by atoms with van der Waals surface area (Å²) >= 11 is 3.14. The highest BCUT2D eigenvalue weighted by Gasteiger charge is 2.31. The van der Waals surface area contributed by atoms with Crippen LogP contribution in [0.4, 0.5) is 5.69 Å². The largest absolute Gasteiger partial charge is 0.325 e. The fourth-order valence-corrected chi connectivity index (χ4v) is 4.54. The van der Waals surface area contributed by atoms with E-state index < -0.39 is 0 Å². The predicted molar refractivity (Wildman–Crippen MR) is 111 cm³/mol. The van der Waals surface area contributed by atoms with Gasteiger partial charge in [-0.2, -0.15) is 5.26 Å². The van der Waals surface area contributed by atoms with E-state index >= 15 is 0 Å². The highest BCUT2D eigenvalue weighted by molar-refractivity contribution is 8.00. The summed E-state index contributed by atoms with van der Waals surface area (Å²) in [5.74, 6) is 0.840. The van der Waals surface area contributed by atoms with E-state index in [-0.39, 0.29) is 11.2 Å². The maximum atomic E-state index is 12.6. The lowest BCUT2D eigenvalue weighted by Gasteiger charge is -2.13. The Morgan fingerprint density at radius 2 is 2.25 bits per heavy atom. The number of carbonyl (C=O) groups is 1. The Bertz CT molecular complexity index is 1020. The van der Waals surface area contributed by atoms with Gasteiger partial charge >= 0.3 is 0 Å². The molecule has 3 aromatic rings. The molecule has 1 N–H and O–H groups in total. The van der Waals surface area contributed by atoms with Gasteiger partial charge in [-0.3, -0.25) is 4.79 Å². The Labute approximate surface area is 171 Å². The van der Waals surface area contributed by atoms with Crippen LogP contribution in [-0.4, -0.2) is 25.9 Å². The predicted octanol–water partition coefficient (Wildman–Crippen LogP) is 4.26. The number of anilines is 1. The summed E-state index contributed by atoms with van der Waals surface area (Å²) in [6.07, 6.45) is 3.03. The normalized spacial score (nSPS) is 14.4. The molecule has 1 aliphatic carbocycles. The fraction of sp³-hybridized carbons (Fsp3) is 0.300. The zero-order valence-corrected chi connectivity index (χ0v) is 17.0. The number of benzene rings is 1. The van der Waals surface area contributed by atoms with E-state index in [0.717, 1.165) is 30.2 Å². The van der Waals surface area contributed by atoms with Crippen molar-refractivity contribution in [1.82, 2.24) is 14.8 Å². The van der Waals surface area contributed by atoms with Crippen LogP contribution in [-0.2, 0) is 11.2 Å². The molecule has 0 bridgehead atoms. The minimum Gasteiger partial charge on any atom is -0.325 e. The second-order valence-electron chi connectivity index (χ2n) is 6.70. The highest BCUT2D eigenvalue weighted by Crippen LogP contribution is 2.40. The van der Waals surface area contributed by atoms with Gasteiger partial charge in [0.2, 0.25) is 5.91 Å². The number of rotatable bonds is 7. The molecule has 1 aliphatic rings. The van der Waals surface area contributed by atoms with Crippen LogP contribution in [0.15, 0.2) is 46.9 Å². The Morgan fingerprint density at radius 3 is 2.96 bits per heavy atom. The number of nitriles is 1. The summed E-state index contributed by atoms with van der Waals surface area (Å²) in [5.41, 5.74) is 1.14. The van der Waals surface area contributed by atoms with Crippen molar-refractivity contribution in [2.45, 2.75) is 42.6 Å². The molecule has 1 aromatic carbocycles. The van der Waals surface area contributed by atoms with Crippen LogP contribution < -0.4 is 5.32 Å². The Morgan fingerprint density at radius 1 is 1.39 bits per heavy atom. The first-order valence-corrected chi connectivity index (χ1v) is 10.8. The molecule has 28 heavy (non-hydrogen) atoms. The molecular formula is C20H19N5OS2. The molecule has 0 saturated heterocycles. The molecule has 2 aromatic heterocycles. The molecule has 0 spiro atoms. The molecular weight excluding hydrogens is 390 g/mol. The van der Waals surface area contributed by atoms with Gasteiger partial charge in [-0.25, -0.2) is 0 Å². The first kappa shape index (κ1) is 18.7. The van der Waals surface area contributed by atoms with Crippen LogP contribution in [0.5, 0.6) is 0 Å². The van der Waals surface area contributed by atoms with Gasteiger partial charge in [-0.05, 0) is 49.4 Å². The van der Waals surface area contributed by atoms with E-state index in [0.29, 0.717) is 17.3 Å². The van der Waals surface area contributed by atoms with E-state index in [1.807, 2.05) is 13.0 Å². The topological polar surface area (TPSA) is 83.6 Å². The number of nitrogens with one attached hydrogen (secondary N) is 1. The molecule has 142 valence electrons. The first-order chi connectivity index (χ1) is 13.6. The van der Waals surface area contributed by atoms with Gasteiger partial charge in [-0.15, -0.1) is 21.5 Å². The molecule has 4 rings (SSSR count). The van der Waals surface area contributed by atoms with Crippen molar-refractivity contribution >= 4 is 34.7 Å². The number of hydrogen-bond donors (Lipinski definition) is 1. The smallest absolute Gasteiger partial charge is 0.237 e. The summed E-state index contributed by atoms with van der Waals surface area (Å²) in [5, 5.41) is 23.2. The summed E-state index contributed by atoms with van der Waals surface area (Å²) < 4.78 is 2.20. The molecule has 2 heterocycles. The van der Waals surface area contributed by atoms with E-state index in [1.54, 1.807) is 35.6 Å². The average Bonchev–Trinajstić information content (AvgIpc) is 3.26. The van der Waals surface area contributed by atoms with Crippen molar-refractivity contribution in [2.75, 3.05) is 5.32 Å². The highest BCUT2D eigenvalue weighted by atomic mass is 32.2. The van der Waals surface area contributed by atoms with Crippen molar-refractivity contribution in [3.05, 3.63) is 58.0 Å². The SMILES string of the molecule is C[C@@H](Sc1nnc(Cc2cccs2)n1C1CC1)C(=O)Nc1cccc(C#N)c1. The molecule has 6 nitrogen and oxygen atoms in total. The molecule has 1 amide bonds. The van der Waals surface area contributed by atoms with Crippen molar-refractivity contribution < 1.29 is 4.79 Å². The van der Waals surface area contributed by atoms with E-state index in [9.17, 15) is 4.79 Å². The number of thioether (sulfide) groups is 1. The minimum absolute atomic E-state index is 0.120. The maximum Gasteiger partial charge on any atom is 0.237 e. The lowest BCUT2D eigenvalue weighted by Crippen LogP contribution is -2.23. The number of amides is 1. The first-order valence-electron chi connectivity index (χ1n) is 9.08. The molecule has 0 aliphatic heterocycles. The van der Waals surface area contributed by atoms with Crippen molar-refractivity contribution in [3.8, 4) is 6.07 Å². The van der Waals surface area contributed by atoms with Crippen LogP contribution >= 0.6 is 23.1 Å². The number of thiophene rings is 1. The van der Waals surface area contributed by atoms with Gasteiger partial charge < -0.3 is 9.88 Å². The van der Waals surface area contributed by atoms with Crippen LogP contribution in [0, 0.1) is 11.3 Å². The van der Waals surface area contributed by atoms with Crippen LogP contribution in [0.3, 0.4) is 0 Å². The van der Waals surface area contributed by atoms with Crippen LogP contribution in [0.2, 0.25) is 0 Å². The number of aromatic nitrogens is 3. The van der Waals surface area contributed by atoms with Gasteiger partial charge in [0, 0.05) is 23.0 Å². The van der Waals surface area contributed by atoms with Crippen molar-refractivity contribution in [3.63, 3.8) is 0 Å². The third-order valence-electron chi connectivity index (χ3n) is 4.47. The Hall–Kier alpha value is -2.63. The fourth-order valence-electron chi connectivity index (χ4n) is 2.90. The van der Waals surface area contributed by atoms with Crippen LogP contribution in [0.1, 0.15) is 42.1 Å². The average molecular weight is 410 g/mol. The van der Waals surface area contributed by atoms with Crippen molar-refractivity contribution in [2.24, 2.45) is 0 Å². The molecule has 1 atom stereocenters. The summed E-state index contributed by atoms with van der Waals surface area (Å²) in [7, 11) is 0. The third kappa shape index (κ3) is 4.26. The minimum atomic E-state index is -0.331. The molecule has 1 fully saturated rings.